The zero-order valence-corrected chi connectivity index (χ0v) is 16.0. The minimum Gasteiger partial charge on any atom is -1.00 e. The quantitative estimate of drug-likeness (QED) is 0.131. The van der Waals surface area contributed by atoms with Crippen molar-refractivity contribution in [2.45, 2.75) is 64.1 Å². The molecule has 0 bridgehead atoms. The van der Waals surface area contributed by atoms with Gasteiger partial charge in [0.05, 0.1) is 13.2 Å². The van der Waals surface area contributed by atoms with Gasteiger partial charge in [-0.05, 0) is 20.3 Å². The van der Waals surface area contributed by atoms with Gasteiger partial charge in [-0.25, -0.2) is 4.79 Å². The number of allylic oxidation sites excluding steroid dienone is 2. The van der Waals surface area contributed by atoms with Crippen molar-refractivity contribution in [3.8, 4) is 0 Å². The Kier molecular flexibility index (Phi) is 19.3. The van der Waals surface area contributed by atoms with Crippen LogP contribution in [0.25, 0.3) is 0 Å². The minimum atomic E-state index is -3.04. The van der Waals surface area contributed by atoms with Crippen LogP contribution >= 0.6 is 0 Å². The van der Waals surface area contributed by atoms with Crippen LogP contribution in [0.3, 0.4) is 0 Å². The Morgan fingerprint density at radius 2 is 1.71 bits per heavy atom. The van der Waals surface area contributed by atoms with Crippen LogP contribution in [0.4, 0.5) is 0 Å². The van der Waals surface area contributed by atoms with E-state index in [4.69, 9.17) is 20.1 Å². The van der Waals surface area contributed by atoms with E-state index in [2.05, 4.69) is 0 Å². The molecule has 0 saturated heterocycles. The van der Waals surface area contributed by atoms with Crippen molar-refractivity contribution in [1.82, 2.24) is 0 Å². The largest absolute Gasteiger partial charge is 2.00 e. The third kappa shape index (κ3) is 10.6. The summed E-state index contributed by atoms with van der Waals surface area (Å²) in [4.78, 5) is 11.0. The van der Waals surface area contributed by atoms with Gasteiger partial charge in [-0.2, -0.15) is 0 Å². The molecule has 0 heterocycles. The number of carboxylic acid groups (broad SMARTS) is 1. The van der Waals surface area contributed by atoms with Gasteiger partial charge in [-0.1, -0.05) is 31.9 Å². The standard InChI is InChI=1S/C11H22O8.C4H8.Mg.2H/c1-2-3-4-5-19-11(18,10(16)17)9(15)8(14)7(13)6-12;1-3-4-2;;;/h7-9,12-15,18H,2-6H2,1H3,(H,16,17);3-4H,1-2H3;;;/q;;+2;2*-1. The van der Waals surface area contributed by atoms with E-state index in [1.165, 1.54) is 0 Å². The second-order valence-corrected chi connectivity index (χ2v) is 4.91. The number of rotatable bonds is 10. The number of carbonyl (C=O) groups is 1. The molecule has 9 heteroatoms. The molecule has 0 radical (unpaired) electrons. The first-order valence-electron chi connectivity index (χ1n) is 7.54. The van der Waals surface area contributed by atoms with Crippen molar-refractivity contribution in [3.63, 3.8) is 0 Å². The number of carboxylic acids is 1. The number of hydrogen-bond donors (Lipinski definition) is 6. The van der Waals surface area contributed by atoms with Crippen molar-refractivity contribution in [2.75, 3.05) is 13.2 Å². The predicted octanol–water partition coefficient (Wildman–Crippen LogP) is -0.532. The zero-order valence-electron chi connectivity index (χ0n) is 16.6. The molecule has 0 aromatic rings. The van der Waals surface area contributed by atoms with E-state index in [-0.39, 0.29) is 32.5 Å². The van der Waals surface area contributed by atoms with Gasteiger partial charge >= 0.3 is 29.0 Å². The maximum Gasteiger partial charge on any atom is 2.00 e. The summed E-state index contributed by atoms with van der Waals surface area (Å²) in [6.45, 7) is 4.89. The molecule has 24 heavy (non-hydrogen) atoms. The number of aliphatic hydroxyl groups is 5. The summed E-state index contributed by atoms with van der Waals surface area (Å²) in [6, 6.07) is 0. The molecule has 0 saturated carbocycles. The second kappa shape index (κ2) is 16.2. The van der Waals surface area contributed by atoms with Crippen molar-refractivity contribution < 1.29 is 43.0 Å². The number of unbranched alkanes of at least 4 members (excludes halogenated alkanes) is 2. The van der Waals surface area contributed by atoms with Crippen LogP contribution in [0.5, 0.6) is 0 Å². The SMILES string of the molecule is CC=CC.CCCCCOC(O)(C(=O)O)C(O)C(O)C(O)CO.[H-].[H-].[Mg+2]. The van der Waals surface area contributed by atoms with Gasteiger partial charge in [-0.3, -0.25) is 0 Å². The molecular weight excluding hydrogens is 332 g/mol. The van der Waals surface area contributed by atoms with Gasteiger partial charge in [0.15, 0.2) is 0 Å². The molecule has 142 valence electrons. The third-order valence-corrected chi connectivity index (χ3v) is 3.02. The molecule has 4 unspecified atom stereocenters. The smallest absolute Gasteiger partial charge is 1.00 e. The maximum absolute atomic E-state index is 11.0. The molecule has 4 atom stereocenters. The van der Waals surface area contributed by atoms with E-state index >= 15 is 0 Å². The molecule has 0 aromatic heterocycles. The predicted molar refractivity (Wildman–Crippen MR) is 91.6 cm³/mol. The van der Waals surface area contributed by atoms with Crippen molar-refractivity contribution >= 4 is 29.0 Å². The van der Waals surface area contributed by atoms with Crippen molar-refractivity contribution in [3.05, 3.63) is 12.2 Å². The Labute approximate surface area is 161 Å². The van der Waals surface area contributed by atoms with E-state index < -0.39 is 36.7 Å². The zero-order chi connectivity index (χ0) is 18.5. The van der Waals surface area contributed by atoms with Gasteiger partial charge in [0, 0.05) is 0 Å². The molecule has 6 N–H and O–H groups in total. The second-order valence-electron chi connectivity index (χ2n) is 4.91. The summed E-state index contributed by atoms with van der Waals surface area (Å²) in [5.41, 5.74) is 0. The molecule has 0 aliphatic heterocycles. The van der Waals surface area contributed by atoms with Crippen LogP contribution in [0.1, 0.15) is 42.9 Å². The van der Waals surface area contributed by atoms with Crippen LogP contribution in [-0.4, -0.2) is 97.0 Å². The summed E-state index contributed by atoms with van der Waals surface area (Å²) >= 11 is 0. The first-order chi connectivity index (χ1) is 10.7. The first-order valence-corrected chi connectivity index (χ1v) is 7.54. The monoisotopic (exact) mass is 364 g/mol. The topological polar surface area (TPSA) is 148 Å². The molecular formula is C15H32MgO8. The van der Waals surface area contributed by atoms with Gasteiger partial charge in [0.1, 0.15) is 18.3 Å². The van der Waals surface area contributed by atoms with Crippen molar-refractivity contribution in [1.29, 1.82) is 0 Å². The normalized spacial score (nSPS) is 17.0. The van der Waals surface area contributed by atoms with Crippen LogP contribution in [0, 0.1) is 0 Å². The average Bonchev–Trinajstić information content (AvgIpc) is 2.56. The summed E-state index contributed by atoms with van der Waals surface area (Å²) < 4.78 is 4.72. The molecule has 0 aromatic carbocycles. The summed E-state index contributed by atoms with van der Waals surface area (Å²) in [6.07, 6.45) is -0.0832. The van der Waals surface area contributed by atoms with E-state index in [0.29, 0.717) is 6.42 Å². The van der Waals surface area contributed by atoms with E-state index in [1.54, 1.807) is 0 Å². The third-order valence-electron chi connectivity index (χ3n) is 3.02. The minimum absolute atomic E-state index is 0. The van der Waals surface area contributed by atoms with Gasteiger partial charge in [-0.15, -0.1) is 0 Å². The Hall–Kier alpha value is -0.264. The fourth-order valence-electron chi connectivity index (χ4n) is 1.40. The van der Waals surface area contributed by atoms with E-state index in [1.807, 2.05) is 32.9 Å². The number of aliphatic carboxylic acids is 1. The van der Waals surface area contributed by atoms with Gasteiger partial charge in [0.2, 0.25) is 0 Å². The number of aliphatic hydroxyl groups excluding tert-OH is 4. The van der Waals surface area contributed by atoms with E-state index in [9.17, 15) is 20.1 Å². The molecule has 0 aliphatic carbocycles. The Bertz CT molecular complexity index is 346. The summed E-state index contributed by atoms with van der Waals surface area (Å²) in [5.74, 6) is -4.93. The van der Waals surface area contributed by atoms with Crippen LogP contribution in [-0.2, 0) is 9.53 Å². The van der Waals surface area contributed by atoms with Crippen LogP contribution in [0.15, 0.2) is 12.2 Å². The summed E-state index contributed by atoms with van der Waals surface area (Å²) in [7, 11) is 0. The molecule has 0 rings (SSSR count). The number of hydrogen-bond acceptors (Lipinski definition) is 7. The fourth-order valence-corrected chi connectivity index (χ4v) is 1.40. The van der Waals surface area contributed by atoms with Gasteiger partial charge < -0.3 is 38.2 Å². The summed E-state index contributed by atoms with van der Waals surface area (Å²) in [5, 5.41) is 55.4. The van der Waals surface area contributed by atoms with Crippen LogP contribution < -0.4 is 0 Å². The molecule has 0 amide bonds. The fraction of sp³-hybridized carbons (Fsp3) is 0.800. The number of ether oxygens (including phenoxy) is 1. The van der Waals surface area contributed by atoms with Crippen molar-refractivity contribution in [2.24, 2.45) is 0 Å². The molecule has 8 nitrogen and oxygen atoms in total. The Balaban J connectivity index is -0.000000190. The molecule has 0 fully saturated rings. The Morgan fingerprint density at radius 3 is 2.04 bits per heavy atom. The maximum atomic E-state index is 11.0. The first kappa shape index (κ1) is 28.5. The molecule has 0 spiro atoms. The average molecular weight is 365 g/mol. The molecule has 0 aliphatic rings. The Morgan fingerprint density at radius 1 is 1.21 bits per heavy atom. The van der Waals surface area contributed by atoms with Gasteiger partial charge in [0.25, 0.3) is 5.79 Å². The van der Waals surface area contributed by atoms with E-state index in [0.717, 1.165) is 12.8 Å². The van der Waals surface area contributed by atoms with Crippen LogP contribution in [0.2, 0.25) is 0 Å².